The summed E-state index contributed by atoms with van der Waals surface area (Å²) in [6, 6.07) is 6.40. The number of hydrogen-bond acceptors (Lipinski definition) is 6. The predicted molar refractivity (Wildman–Crippen MR) is 79.6 cm³/mol. The summed E-state index contributed by atoms with van der Waals surface area (Å²) in [5.41, 5.74) is -1.73. The number of nitrogens with two attached hydrogens (primary N) is 1. The van der Waals surface area contributed by atoms with E-state index < -0.39 is 46.4 Å². The van der Waals surface area contributed by atoms with Crippen LogP contribution in [0, 0.1) is 6.92 Å². The Hall–Kier alpha value is -2.50. The van der Waals surface area contributed by atoms with E-state index in [2.05, 4.69) is 0 Å². The first kappa shape index (κ1) is 21.5. The fourth-order valence-electron chi connectivity index (χ4n) is 1.44. The zero-order valence-corrected chi connectivity index (χ0v) is 13.4. The molecule has 0 spiro atoms. The van der Waals surface area contributed by atoms with Crippen LogP contribution in [0.25, 0.3) is 0 Å². The van der Waals surface area contributed by atoms with Crippen molar-refractivity contribution in [2.45, 2.75) is 30.3 Å². The van der Waals surface area contributed by atoms with Crippen LogP contribution in [0.2, 0.25) is 0 Å². The van der Waals surface area contributed by atoms with Gasteiger partial charge >= 0.3 is 17.9 Å². The first-order chi connectivity index (χ1) is 10.8. The highest BCUT2D eigenvalue weighted by molar-refractivity contribution is 7.89. The minimum absolute atomic E-state index is 0.156. The molecule has 24 heavy (non-hydrogen) atoms. The van der Waals surface area contributed by atoms with Gasteiger partial charge in [0.2, 0.25) is 10.0 Å². The van der Waals surface area contributed by atoms with Gasteiger partial charge in [-0.3, -0.25) is 9.59 Å². The Kier molecular flexibility index (Phi) is 7.51. The van der Waals surface area contributed by atoms with Crippen LogP contribution in [0.3, 0.4) is 0 Å². The highest BCUT2D eigenvalue weighted by Gasteiger charge is 2.40. The van der Waals surface area contributed by atoms with E-state index in [1.165, 1.54) is 12.1 Å². The predicted octanol–water partition coefficient (Wildman–Crippen LogP) is -0.606. The van der Waals surface area contributed by atoms with E-state index in [0.717, 1.165) is 5.56 Å². The summed E-state index contributed by atoms with van der Waals surface area (Å²) in [5.74, 6) is -5.02. The molecule has 0 saturated heterocycles. The zero-order chi connectivity index (χ0) is 19.1. The highest BCUT2D eigenvalue weighted by atomic mass is 32.2. The number of aliphatic carboxylic acids is 3. The molecule has 1 aromatic rings. The van der Waals surface area contributed by atoms with E-state index in [-0.39, 0.29) is 4.90 Å². The Labute approximate surface area is 137 Å². The second-order valence-electron chi connectivity index (χ2n) is 4.84. The molecule has 0 fully saturated rings. The number of hydrogen-bond donors (Lipinski definition) is 5. The minimum Gasteiger partial charge on any atom is -0.481 e. The molecule has 0 saturated carbocycles. The maximum Gasteiger partial charge on any atom is 0.336 e. The number of sulfonamides is 1. The number of rotatable bonds is 6. The lowest BCUT2D eigenvalue weighted by atomic mass is 9.96. The lowest BCUT2D eigenvalue weighted by molar-refractivity contribution is -0.170. The van der Waals surface area contributed by atoms with E-state index in [1.54, 1.807) is 12.1 Å². The highest BCUT2D eigenvalue weighted by Crippen LogP contribution is 2.15. The summed E-state index contributed by atoms with van der Waals surface area (Å²) in [6.45, 7) is 1.88. The molecule has 0 atom stereocenters. The van der Waals surface area contributed by atoms with Gasteiger partial charge in [0.15, 0.2) is 5.60 Å². The number of carboxylic acid groups (broad SMARTS) is 3. The molecule has 0 unspecified atom stereocenters. The molecule has 0 aromatic heterocycles. The van der Waals surface area contributed by atoms with Crippen molar-refractivity contribution in [1.29, 1.82) is 0 Å². The summed E-state index contributed by atoms with van der Waals surface area (Å²) >= 11 is 0. The summed E-state index contributed by atoms with van der Waals surface area (Å²) in [5, 5.41) is 38.7. The quantitative estimate of drug-likeness (QED) is 0.438. The fraction of sp³-hybridized carbons (Fsp3) is 0.308. The molecule has 1 aromatic carbocycles. The molecule has 10 nitrogen and oxygen atoms in total. The van der Waals surface area contributed by atoms with Crippen LogP contribution in [0.5, 0.6) is 0 Å². The normalized spacial score (nSPS) is 11.1. The van der Waals surface area contributed by atoms with Gasteiger partial charge in [-0.15, -0.1) is 0 Å². The van der Waals surface area contributed by atoms with E-state index in [9.17, 15) is 22.8 Å². The number of primary sulfonamides is 1. The zero-order valence-electron chi connectivity index (χ0n) is 12.5. The van der Waals surface area contributed by atoms with Gasteiger partial charge in [0.05, 0.1) is 17.7 Å². The van der Waals surface area contributed by atoms with Gasteiger partial charge in [0.25, 0.3) is 0 Å². The minimum atomic E-state index is -3.52. The third-order valence-electron chi connectivity index (χ3n) is 2.63. The van der Waals surface area contributed by atoms with Gasteiger partial charge in [0, 0.05) is 0 Å². The number of carboxylic acids is 3. The van der Waals surface area contributed by atoms with Crippen LogP contribution in [0.15, 0.2) is 29.2 Å². The number of carbonyl (C=O) groups is 3. The monoisotopic (exact) mass is 363 g/mol. The molecule has 1 rings (SSSR count). The third kappa shape index (κ3) is 7.67. The summed E-state index contributed by atoms with van der Waals surface area (Å²) < 4.78 is 21.4. The summed E-state index contributed by atoms with van der Waals surface area (Å²) in [6.07, 6.45) is -2.29. The maximum atomic E-state index is 10.7. The molecule has 0 amide bonds. The standard InChI is InChI=1S/C7H9NO2S.C6H8O7/c1-6-2-4-7(5-3-6)11(8,9)10;7-3(8)1-6(13,5(11)12)2-4(9)10/h2-5H,1H3,(H2,8,9,10);13H,1-2H2,(H,7,8)(H,9,10)(H,11,12). The van der Waals surface area contributed by atoms with Crippen molar-refractivity contribution in [2.75, 3.05) is 0 Å². The van der Waals surface area contributed by atoms with Crippen LogP contribution < -0.4 is 5.14 Å². The number of aryl methyl sites for hydroxylation is 1. The van der Waals surface area contributed by atoms with E-state index >= 15 is 0 Å². The van der Waals surface area contributed by atoms with Gasteiger partial charge in [-0.05, 0) is 19.1 Å². The SMILES string of the molecule is Cc1ccc(S(N)(=O)=O)cc1.O=C(O)CC(O)(CC(=O)O)C(=O)O. The molecule has 134 valence electrons. The van der Waals surface area contributed by atoms with Crippen molar-refractivity contribution < 1.29 is 43.2 Å². The Bertz CT molecular complexity index is 693. The molecule has 0 aliphatic heterocycles. The lowest BCUT2D eigenvalue weighted by Crippen LogP contribution is -2.42. The van der Waals surface area contributed by atoms with Crippen LogP contribution >= 0.6 is 0 Å². The molecule has 0 heterocycles. The molecule has 11 heteroatoms. The average Bonchev–Trinajstić information content (AvgIpc) is 2.36. The van der Waals surface area contributed by atoms with E-state index in [0.29, 0.717) is 0 Å². The topological polar surface area (TPSA) is 192 Å². The van der Waals surface area contributed by atoms with Gasteiger partial charge in [-0.25, -0.2) is 18.4 Å². The smallest absolute Gasteiger partial charge is 0.336 e. The number of benzene rings is 1. The molecular formula is C13H17NO9S. The Balaban J connectivity index is 0.000000446. The third-order valence-corrected chi connectivity index (χ3v) is 3.56. The van der Waals surface area contributed by atoms with Gasteiger partial charge in [-0.1, -0.05) is 17.7 Å². The van der Waals surface area contributed by atoms with Crippen molar-refractivity contribution in [2.24, 2.45) is 5.14 Å². The average molecular weight is 363 g/mol. The molecular weight excluding hydrogens is 346 g/mol. The fourth-order valence-corrected chi connectivity index (χ4v) is 1.96. The van der Waals surface area contributed by atoms with Gasteiger partial charge in [-0.2, -0.15) is 0 Å². The van der Waals surface area contributed by atoms with E-state index in [1.807, 2.05) is 6.92 Å². The lowest BCUT2D eigenvalue weighted by Gasteiger charge is -2.18. The number of aliphatic hydroxyl groups is 1. The van der Waals surface area contributed by atoms with E-state index in [4.69, 9.17) is 25.6 Å². The molecule has 0 aliphatic rings. The van der Waals surface area contributed by atoms with Crippen molar-refractivity contribution in [1.82, 2.24) is 0 Å². The van der Waals surface area contributed by atoms with Crippen LogP contribution in [0.4, 0.5) is 0 Å². The van der Waals surface area contributed by atoms with Crippen LogP contribution in [-0.4, -0.2) is 52.4 Å². The summed E-state index contributed by atoms with van der Waals surface area (Å²) in [4.78, 5) is 30.6. The van der Waals surface area contributed by atoms with Crippen molar-refractivity contribution in [3.63, 3.8) is 0 Å². The van der Waals surface area contributed by atoms with Crippen molar-refractivity contribution >= 4 is 27.9 Å². The molecule has 6 N–H and O–H groups in total. The molecule has 0 bridgehead atoms. The van der Waals surface area contributed by atoms with Crippen molar-refractivity contribution in [3.8, 4) is 0 Å². The first-order valence-corrected chi connectivity index (χ1v) is 7.81. The van der Waals surface area contributed by atoms with Gasteiger partial charge < -0.3 is 20.4 Å². The van der Waals surface area contributed by atoms with Gasteiger partial charge in [0.1, 0.15) is 0 Å². The maximum absolute atomic E-state index is 10.7. The van der Waals surface area contributed by atoms with Crippen molar-refractivity contribution in [3.05, 3.63) is 29.8 Å². The largest absolute Gasteiger partial charge is 0.481 e. The molecule has 0 radical (unpaired) electrons. The molecule has 0 aliphatic carbocycles. The second kappa shape index (κ2) is 8.38. The Morgan fingerprint density at radius 2 is 1.38 bits per heavy atom. The Morgan fingerprint density at radius 1 is 1.00 bits per heavy atom. The van der Waals surface area contributed by atoms with Crippen LogP contribution in [-0.2, 0) is 24.4 Å². The first-order valence-electron chi connectivity index (χ1n) is 6.27. The Morgan fingerprint density at radius 3 is 1.62 bits per heavy atom. The second-order valence-corrected chi connectivity index (χ2v) is 6.40. The summed E-state index contributed by atoms with van der Waals surface area (Å²) in [7, 11) is -3.52. The van der Waals surface area contributed by atoms with Crippen LogP contribution in [0.1, 0.15) is 18.4 Å².